The molecule has 2 unspecified atom stereocenters. The lowest BCUT2D eigenvalue weighted by Gasteiger charge is -2.28. The van der Waals surface area contributed by atoms with E-state index in [9.17, 15) is 14.7 Å². The average Bonchev–Trinajstić information content (AvgIpc) is 3.13. The van der Waals surface area contributed by atoms with E-state index >= 15 is 0 Å². The smallest absolute Gasteiger partial charge is 0.413 e. The van der Waals surface area contributed by atoms with Gasteiger partial charge in [-0.15, -0.1) is 5.10 Å². The first-order chi connectivity index (χ1) is 15.8. The number of carbonyl (C=O) groups excluding carboxylic acids is 1. The van der Waals surface area contributed by atoms with Gasteiger partial charge in [-0.2, -0.15) is 0 Å². The fourth-order valence-electron chi connectivity index (χ4n) is 4.21. The third-order valence-corrected chi connectivity index (χ3v) is 6.01. The van der Waals surface area contributed by atoms with Crippen LogP contribution in [-0.2, 0) is 16.6 Å². The van der Waals surface area contributed by atoms with Gasteiger partial charge < -0.3 is 14.6 Å². The fraction of sp³-hybridized carbons (Fsp3) is 0.609. The van der Waals surface area contributed by atoms with Crippen molar-refractivity contribution < 1.29 is 24.2 Å². The van der Waals surface area contributed by atoms with Crippen molar-refractivity contribution in [1.29, 1.82) is 0 Å². The third kappa shape index (κ3) is 6.21. The number of nitrogens with one attached hydrogen (secondary N) is 1. The quantitative estimate of drug-likeness (QED) is 0.571. The van der Waals surface area contributed by atoms with Crippen molar-refractivity contribution in [3.63, 3.8) is 0 Å². The number of aryl methyl sites for hydroxylation is 2. The molecule has 10 nitrogen and oxygen atoms in total. The number of hydrogen-bond acceptors (Lipinski definition) is 7. The molecule has 0 spiro atoms. The van der Waals surface area contributed by atoms with Crippen LogP contribution >= 0.6 is 0 Å². The van der Waals surface area contributed by atoms with Crippen molar-refractivity contribution in [3.05, 3.63) is 17.8 Å². The number of carbonyl (C=O) groups is 2. The predicted octanol–water partition coefficient (Wildman–Crippen LogP) is 4.19. The topological polar surface area (TPSA) is 128 Å². The number of pyridine rings is 1. The van der Waals surface area contributed by atoms with Crippen molar-refractivity contribution in [2.75, 3.05) is 11.9 Å². The summed E-state index contributed by atoms with van der Waals surface area (Å²) >= 11 is 0. The third-order valence-electron chi connectivity index (χ3n) is 6.01. The maximum absolute atomic E-state index is 12.3. The minimum absolute atomic E-state index is 0.00719. The summed E-state index contributed by atoms with van der Waals surface area (Å²) in [5.41, 5.74) is 1.60. The molecule has 2 aromatic heterocycles. The molecule has 2 N–H and O–H groups in total. The van der Waals surface area contributed by atoms with Crippen LogP contribution in [0.4, 0.5) is 10.6 Å². The highest BCUT2D eigenvalue weighted by molar-refractivity contribution is 5.88. The molecule has 0 aliphatic heterocycles. The molecule has 0 aromatic carbocycles. The molecule has 0 saturated heterocycles. The highest BCUT2D eigenvalue weighted by atomic mass is 16.6. The van der Waals surface area contributed by atoms with Gasteiger partial charge in [0.2, 0.25) is 0 Å². The molecule has 3 rings (SSSR count). The SMILES string of the molecule is CCC[C@@H](C)OC(=O)Nc1c(-c2ccc(OCC3CCCCC3C(=O)O)c(C)n2)nnn1C. The molecular weight excluding hydrogens is 426 g/mol. The Hall–Kier alpha value is -3.17. The molecule has 1 amide bonds. The van der Waals surface area contributed by atoms with Gasteiger partial charge in [0.05, 0.1) is 23.9 Å². The lowest BCUT2D eigenvalue weighted by molar-refractivity contribution is -0.145. The van der Waals surface area contributed by atoms with Gasteiger partial charge in [-0.25, -0.2) is 14.5 Å². The molecular formula is C23H33N5O5. The molecule has 2 aromatic rings. The highest BCUT2D eigenvalue weighted by Crippen LogP contribution is 2.32. The zero-order valence-corrected chi connectivity index (χ0v) is 19.7. The van der Waals surface area contributed by atoms with Crippen LogP contribution in [0.5, 0.6) is 5.75 Å². The molecule has 33 heavy (non-hydrogen) atoms. The molecule has 180 valence electrons. The summed E-state index contributed by atoms with van der Waals surface area (Å²) in [4.78, 5) is 28.4. The summed E-state index contributed by atoms with van der Waals surface area (Å²) in [5, 5.41) is 20.3. The van der Waals surface area contributed by atoms with Crippen LogP contribution in [0.15, 0.2) is 12.1 Å². The Morgan fingerprint density at radius 1 is 1.30 bits per heavy atom. The maximum Gasteiger partial charge on any atom is 0.413 e. The minimum atomic E-state index is -0.751. The van der Waals surface area contributed by atoms with Gasteiger partial charge in [-0.1, -0.05) is 31.4 Å². The summed E-state index contributed by atoms with van der Waals surface area (Å²) in [6, 6.07) is 3.54. The van der Waals surface area contributed by atoms with E-state index in [4.69, 9.17) is 9.47 Å². The number of nitrogens with zero attached hydrogens (tertiary/aromatic N) is 4. The highest BCUT2D eigenvalue weighted by Gasteiger charge is 2.31. The number of amides is 1. The van der Waals surface area contributed by atoms with Gasteiger partial charge in [0.25, 0.3) is 0 Å². The number of aromatic nitrogens is 4. The standard InChI is InChI=1S/C23H33N5O5/c1-5-8-14(2)33-23(31)25-21-20(26-27-28(21)4)18-11-12-19(15(3)24-18)32-13-16-9-6-7-10-17(16)22(29)30/h11-12,14,16-17H,5-10,13H2,1-4H3,(H,25,31)(H,29,30)/t14-,16?,17?/m1/s1. The number of anilines is 1. The van der Waals surface area contributed by atoms with Gasteiger partial charge in [-0.3, -0.25) is 10.1 Å². The van der Waals surface area contributed by atoms with E-state index in [1.807, 2.05) is 20.8 Å². The van der Waals surface area contributed by atoms with E-state index in [1.54, 1.807) is 19.2 Å². The first-order valence-corrected chi connectivity index (χ1v) is 11.5. The van der Waals surface area contributed by atoms with Crippen LogP contribution in [0.3, 0.4) is 0 Å². The van der Waals surface area contributed by atoms with E-state index in [0.29, 0.717) is 41.7 Å². The lowest BCUT2D eigenvalue weighted by Crippen LogP contribution is -2.31. The summed E-state index contributed by atoms with van der Waals surface area (Å²) in [6.45, 7) is 6.04. The van der Waals surface area contributed by atoms with Gasteiger partial charge in [-0.05, 0) is 45.2 Å². The first kappa shape index (κ1) is 24.5. The lowest BCUT2D eigenvalue weighted by atomic mass is 9.80. The molecule has 1 aliphatic carbocycles. The first-order valence-electron chi connectivity index (χ1n) is 11.5. The van der Waals surface area contributed by atoms with Crippen LogP contribution in [-0.4, -0.2) is 49.9 Å². The normalized spacial score (nSPS) is 19.0. The molecule has 1 aliphatic rings. The summed E-state index contributed by atoms with van der Waals surface area (Å²) in [5.74, 6) is -0.138. The Labute approximate surface area is 193 Å². The molecule has 0 radical (unpaired) electrons. The molecule has 0 bridgehead atoms. The minimum Gasteiger partial charge on any atom is -0.491 e. The predicted molar refractivity (Wildman–Crippen MR) is 122 cm³/mol. The average molecular weight is 460 g/mol. The summed E-state index contributed by atoms with van der Waals surface area (Å²) < 4.78 is 12.8. The largest absolute Gasteiger partial charge is 0.491 e. The Bertz CT molecular complexity index is 976. The van der Waals surface area contributed by atoms with Crippen molar-refractivity contribution in [2.45, 2.75) is 65.4 Å². The summed E-state index contributed by atoms with van der Waals surface area (Å²) in [7, 11) is 1.68. The van der Waals surface area contributed by atoms with Gasteiger partial charge in [0, 0.05) is 13.0 Å². The van der Waals surface area contributed by atoms with E-state index in [-0.39, 0.29) is 17.9 Å². The second-order valence-corrected chi connectivity index (χ2v) is 8.62. The van der Waals surface area contributed by atoms with E-state index in [2.05, 4.69) is 20.6 Å². The number of hydrogen-bond donors (Lipinski definition) is 2. The zero-order chi connectivity index (χ0) is 24.0. The van der Waals surface area contributed by atoms with Gasteiger partial charge in [0.15, 0.2) is 11.5 Å². The second-order valence-electron chi connectivity index (χ2n) is 8.62. The van der Waals surface area contributed by atoms with Crippen LogP contribution in [0.25, 0.3) is 11.4 Å². The Kier molecular flexibility index (Phi) is 8.24. The Morgan fingerprint density at radius 3 is 2.76 bits per heavy atom. The molecule has 1 saturated carbocycles. The number of carboxylic acids is 1. The molecule has 3 atom stereocenters. The van der Waals surface area contributed by atoms with E-state index in [0.717, 1.165) is 32.1 Å². The Balaban J connectivity index is 1.70. The number of aliphatic carboxylic acids is 1. The van der Waals surface area contributed by atoms with Crippen LogP contribution in [0, 0.1) is 18.8 Å². The van der Waals surface area contributed by atoms with Gasteiger partial charge in [0.1, 0.15) is 11.9 Å². The van der Waals surface area contributed by atoms with Crippen molar-refractivity contribution in [1.82, 2.24) is 20.0 Å². The van der Waals surface area contributed by atoms with Crippen molar-refractivity contribution in [2.24, 2.45) is 18.9 Å². The zero-order valence-electron chi connectivity index (χ0n) is 19.7. The van der Waals surface area contributed by atoms with Crippen LogP contribution in [0.2, 0.25) is 0 Å². The van der Waals surface area contributed by atoms with E-state index < -0.39 is 12.1 Å². The molecule has 10 heteroatoms. The van der Waals surface area contributed by atoms with Crippen LogP contribution < -0.4 is 10.1 Å². The fourth-order valence-corrected chi connectivity index (χ4v) is 4.21. The Morgan fingerprint density at radius 2 is 2.06 bits per heavy atom. The van der Waals surface area contributed by atoms with Gasteiger partial charge >= 0.3 is 12.1 Å². The van der Waals surface area contributed by atoms with E-state index in [1.165, 1.54) is 4.68 Å². The summed E-state index contributed by atoms with van der Waals surface area (Å²) in [6.07, 6.45) is 4.45. The monoisotopic (exact) mass is 459 g/mol. The molecule has 1 fully saturated rings. The number of carboxylic acid groups (broad SMARTS) is 1. The maximum atomic E-state index is 12.3. The van der Waals surface area contributed by atoms with Crippen molar-refractivity contribution >= 4 is 17.9 Å². The second kappa shape index (κ2) is 11.1. The van der Waals surface area contributed by atoms with Crippen molar-refractivity contribution in [3.8, 4) is 17.1 Å². The molecule has 2 heterocycles. The number of rotatable bonds is 9. The van der Waals surface area contributed by atoms with Crippen LogP contribution in [0.1, 0.15) is 58.1 Å². The number of ether oxygens (including phenoxy) is 2.